The number of carbonyl (C=O) groups is 2. The molecule has 0 spiro atoms. The van der Waals surface area contributed by atoms with E-state index in [-0.39, 0.29) is 19.0 Å². The van der Waals surface area contributed by atoms with Crippen LogP contribution in [0.5, 0.6) is 0 Å². The molecule has 0 aromatic carbocycles. The molecule has 5 nitrogen and oxygen atoms in total. The van der Waals surface area contributed by atoms with Gasteiger partial charge >= 0.3 is 12.0 Å². The molecule has 1 aliphatic carbocycles. The Kier molecular flexibility index (Phi) is 4.45. The monoisotopic (exact) mass is 290 g/mol. The second-order valence-electron chi connectivity index (χ2n) is 5.64. The minimum Gasteiger partial charge on any atom is -0.481 e. The van der Waals surface area contributed by atoms with E-state index in [2.05, 4.69) is 5.32 Å². The number of carboxylic acid groups (broad SMARTS) is 1. The fraction of sp³-hybridized carbons (Fsp3) is 0.846. The number of hydrogen-bond acceptors (Lipinski definition) is 2. The summed E-state index contributed by atoms with van der Waals surface area (Å²) in [6.07, 6.45) is 1.67. The van der Waals surface area contributed by atoms with Gasteiger partial charge in [-0.15, -0.1) is 0 Å². The number of nitrogens with one attached hydrogen (secondary N) is 1. The van der Waals surface area contributed by atoms with E-state index in [1.54, 1.807) is 0 Å². The van der Waals surface area contributed by atoms with Crippen molar-refractivity contribution in [1.82, 2.24) is 10.2 Å². The topological polar surface area (TPSA) is 69.6 Å². The molecule has 0 radical (unpaired) electrons. The first-order valence-corrected chi connectivity index (χ1v) is 7.03. The van der Waals surface area contributed by atoms with Gasteiger partial charge in [0.15, 0.2) is 0 Å². The zero-order chi connectivity index (χ0) is 14.8. The van der Waals surface area contributed by atoms with Gasteiger partial charge in [-0.05, 0) is 25.7 Å². The molecule has 2 fully saturated rings. The summed E-state index contributed by atoms with van der Waals surface area (Å²) in [4.78, 5) is 24.2. The van der Waals surface area contributed by atoms with Gasteiger partial charge in [0, 0.05) is 32.0 Å². The quantitative estimate of drug-likeness (QED) is 0.834. The summed E-state index contributed by atoms with van der Waals surface area (Å²) in [6.45, 7) is 0.721. The van der Waals surface area contributed by atoms with Gasteiger partial charge in [-0.2, -0.15) is 0 Å². The average molecular weight is 290 g/mol. The fourth-order valence-electron chi connectivity index (χ4n) is 2.90. The normalized spacial score (nSPS) is 26.5. The number of carboxylic acids is 1. The highest BCUT2D eigenvalue weighted by molar-refractivity contribution is 5.75. The molecule has 0 aromatic heterocycles. The van der Waals surface area contributed by atoms with Crippen LogP contribution in [0.4, 0.5) is 13.6 Å². The van der Waals surface area contributed by atoms with Crippen molar-refractivity contribution < 1.29 is 23.5 Å². The number of hydrogen-bond donors (Lipinski definition) is 2. The first-order valence-electron chi connectivity index (χ1n) is 7.03. The first-order chi connectivity index (χ1) is 9.40. The number of nitrogens with zero attached hydrogens (tertiary/aromatic N) is 1. The van der Waals surface area contributed by atoms with Crippen LogP contribution in [-0.2, 0) is 4.79 Å². The third-order valence-electron chi connectivity index (χ3n) is 4.29. The van der Waals surface area contributed by atoms with Crippen LogP contribution in [0.2, 0.25) is 0 Å². The van der Waals surface area contributed by atoms with Crippen molar-refractivity contribution in [2.24, 2.45) is 11.8 Å². The van der Waals surface area contributed by atoms with Crippen LogP contribution >= 0.6 is 0 Å². The lowest BCUT2D eigenvalue weighted by molar-refractivity contribution is -0.143. The molecule has 2 aliphatic rings. The SMILES string of the molecule is O=C(O)C1CCN(C(=O)NCC2CCCC2(F)F)CC1. The Morgan fingerprint density at radius 3 is 2.40 bits per heavy atom. The van der Waals surface area contributed by atoms with Crippen LogP contribution < -0.4 is 5.32 Å². The van der Waals surface area contributed by atoms with Gasteiger partial charge in [0.05, 0.1) is 5.92 Å². The molecule has 1 saturated carbocycles. The lowest BCUT2D eigenvalue weighted by Crippen LogP contribution is -2.47. The zero-order valence-electron chi connectivity index (χ0n) is 11.3. The second-order valence-corrected chi connectivity index (χ2v) is 5.64. The van der Waals surface area contributed by atoms with Crippen molar-refractivity contribution >= 4 is 12.0 Å². The van der Waals surface area contributed by atoms with Crippen LogP contribution in [0, 0.1) is 11.8 Å². The highest BCUT2D eigenvalue weighted by atomic mass is 19.3. The summed E-state index contributed by atoms with van der Waals surface area (Å²) in [5, 5.41) is 11.4. The van der Waals surface area contributed by atoms with E-state index >= 15 is 0 Å². The molecule has 1 atom stereocenters. The number of carbonyl (C=O) groups excluding carboxylic acids is 1. The average Bonchev–Trinajstić information content (AvgIpc) is 2.75. The van der Waals surface area contributed by atoms with Gasteiger partial charge in [0.2, 0.25) is 0 Å². The number of alkyl halides is 2. The minimum absolute atomic E-state index is 0.00923. The third-order valence-corrected chi connectivity index (χ3v) is 4.29. The Morgan fingerprint density at radius 2 is 1.90 bits per heavy atom. The van der Waals surface area contributed by atoms with E-state index in [0.717, 1.165) is 0 Å². The Labute approximate surface area is 116 Å². The smallest absolute Gasteiger partial charge is 0.317 e. The predicted molar refractivity (Wildman–Crippen MR) is 67.6 cm³/mol. The summed E-state index contributed by atoms with van der Waals surface area (Å²) >= 11 is 0. The number of rotatable bonds is 3. The van der Waals surface area contributed by atoms with E-state index in [0.29, 0.717) is 38.8 Å². The van der Waals surface area contributed by atoms with Crippen LogP contribution in [0.25, 0.3) is 0 Å². The van der Waals surface area contributed by atoms with Crippen molar-refractivity contribution in [3.8, 4) is 0 Å². The van der Waals surface area contributed by atoms with Gasteiger partial charge in [0.1, 0.15) is 0 Å². The van der Waals surface area contributed by atoms with Crippen LogP contribution in [0.15, 0.2) is 0 Å². The lowest BCUT2D eigenvalue weighted by Gasteiger charge is -2.30. The maximum absolute atomic E-state index is 13.4. The fourth-order valence-corrected chi connectivity index (χ4v) is 2.90. The summed E-state index contributed by atoms with van der Waals surface area (Å²) in [6, 6.07) is -0.364. The number of piperidine rings is 1. The van der Waals surface area contributed by atoms with Gasteiger partial charge in [-0.1, -0.05) is 0 Å². The standard InChI is InChI=1S/C13H20F2N2O3/c14-13(15)5-1-2-10(13)8-16-12(20)17-6-3-9(4-7-17)11(18)19/h9-10H,1-8H2,(H,16,20)(H,18,19). The molecule has 1 heterocycles. The molecule has 0 bridgehead atoms. The Balaban J connectivity index is 1.75. The molecule has 114 valence electrons. The Morgan fingerprint density at radius 1 is 1.25 bits per heavy atom. The van der Waals surface area contributed by atoms with Crippen molar-refractivity contribution in [3.63, 3.8) is 0 Å². The third kappa shape index (κ3) is 3.37. The Hall–Kier alpha value is -1.40. The van der Waals surface area contributed by atoms with E-state index in [4.69, 9.17) is 5.11 Å². The number of halogens is 2. The van der Waals surface area contributed by atoms with E-state index in [1.807, 2.05) is 0 Å². The van der Waals surface area contributed by atoms with Crippen molar-refractivity contribution in [3.05, 3.63) is 0 Å². The van der Waals surface area contributed by atoms with Gasteiger partial charge in [-0.25, -0.2) is 13.6 Å². The van der Waals surface area contributed by atoms with E-state index < -0.39 is 23.7 Å². The number of urea groups is 1. The van der Waals surface area contributed by atoms with Crippen molar-refractivity contribution in [2.75, 3.05) is 19.6 Å². The first kappa shape index (κ1) is 15.0. The molecule has 1 unspecified atom stereocenters. The summed E-state index contributed by atoms with van der Waals surface area (Å²) in [5.74, 6) is -4.69. The zero-order valence-corrected chi connectivity index (χ0v) is 11.3. The van der Waals surface area contributed by atoms with Crippen LogP contribution in [0.1, 0.15) is 32.1 Å². The number of amides is 2. The largest absolute Gasteiger partial charge is 0.481 e. The van der Waals surface area contributed by atoms with Crippen molar-refractivity contribution in [2.45, 2.75) is 38.0 Å². The molecule has 7 heteroatoms. The Bertz CT molecular complexity index is 382. The van der Waals surface area contributed by atoms with E-state index in [9.17, 15) is 18.4 Å². The van der Waals surface area contributed by atoms with Crippen molar-refractivity contribution in [1.29, 1.82) is 0 Å². The predicted octanol–water partition coefficient (Wildman–Crippen LogP) is 1.93. The van der Waals surface area contributed by atoms with Gasteiger partial charge < -0.3 is 15.3 Å². The molecule has 2 rings (SSSR count). The molecule has 1 saturated heterocycles. The molecule has 20 heavy (non-hydrogen) atoms. The van der Waals surface area contributed by atoms with Gasteiger partial charge in [-0.3, -0.25) is 4.79 Å². The molecule has 2 amide bonds. The van der Waals surface area contributed by atoms with Gasteiger partial charge in [0.25, 0.3) is 5.92 Å². The number of likely N-dealkylation sites (tertiary alicyclic amines) is 1. The maximum atomic E-state index is 13.4. The minimum atomic E-state index is -2.68. The second kappa shape index (κ2) is 5.93. The summed E-state index contributed by atoms with van der Waals surface area (Å²) in [7, 11) is 0. The van der Waals surface area contributed by atoms with E-state index in [1.165, 1.54) is 4.90 Å². The number of aliphatic carboxylic acids is 1. The summed E-state index contributed by atoms with van der Waals surface area (Å²) in [5.41, 5.74) is 0. The van der Waals surface area contributed by atoms with Crippen LogP contribution in [-0.4, -0.2) is 47.6 Å². The molecule has 1 aliphatic heterocycles. The molecular formula is C13H20F2N2O3. The van der Waals surface area contributed by atoms with Crippen LogP contribution in [0.3, 0.4) is 0 Å². The highest BCUT2D eigenvalue weighted by Gasteiger charge is 2.43. The molecule has 0 aromatic rings. The maximum Gasteiger partial charge on any atom is 0.317 e. The summed E-state index contributed by atoms with van der Waals surface area (Å²) < 4.78 is 26.8. The molecular weight excluding hydrogens is 270 g/mol. The highest BCUT2D eigenvalue weighted by Crippen LogP contribution is 2.39. The molecule has 2 N–H and O–H groups in total. The lowest BCUT2D eigenvalue weighted by atomic mass is 9.97.